The summed E-state index contributed by atoms with van der Waals surface area (Å²) in [6.07, 6.45) is 5.83. The first kappa shape index (κ1) is 23.1. The smallest absolute Gasteiger partial charge is 0.327 e. The molecule has 2 aliphatic heterocycles. The van der Waals surface area contributed by atoms with Crippen LogP contribution in [0.2, 0.25) is 0 Å². The van der Waals surface area contributed by atoms with Gasteiger partial charge in [-0.2, -0.15) is 5.10 Å². The van der Waals surface area contributed by atoms with E-state index in [4.69, 9.17) is 4.74 Å². The van der Waals surface area contributed by atoms with Gasteiger partial charge in [0.1, 0.15) is 17.0 Å². The SMILES string of the molecule is COc1ccccc1-n1cc(CN2CCC3(CC2)C(=O)N(CCc2ccccc2)C(=O)N3C)cn1. The van der Waals surface area contributed by atoms with Crippen molar-refractivity contribution >= 4 is 11.9 Å². The van der Waals surface area contributed by atoms with Gasteiger partial charge in [0, 0.05) is 45.0 Å². The molecule has 0 atom stereocenters. The van der Waals surface area contributed by atoms with Crippen LogP contribution in [0.4, 0.5) is 4.79 Å². The Kier molecular flexibility index (Phi) is 6.30. The monoisotopic (exact) mass is 473 g/mol. The molecule has 3 aromatic rings. The lowest BCUT2D eigenvalue weighted by Gasteiger charge is -2.40. The summed E-state index contributed by atoms with van der Waals surface area (Å²) >= 11 is 0. The Morgan fingerprint density at radius 1 is 0.971 bits per heavy atom. The van der Waals surface area contributed by atoms with E-state index in [2.05, 4.69) is 10.00 Å². The number of aromatic nitrogens is 2. The number of hydrogen-bond donors (Lipinski definition) is 0. The van der Waals surface area contributed by atoms with Crippen molar-refractivity contribution in [2.24, 2.45) is 0 Å². The lowest BCUT2D eigenvalue weighted by molar-refractivity contribution is -0.135. The Labute approximate surface area is 205 Å². The number of amides is 3. The Hall–Kier alpha value is -3.65. The second-order valence-corrected chi connectivity index (χ2v) is 9.31. The molecule has 0 bridgehead atoms. The van der Waals surface area contributed by atoms with Crippen LogP contribution in [-0.2, 0) is 17.8 Å². The van der Waals surface area contributed by atoms with E-state index in [0.717, 1.165) is 42.2 Å². The van der Waals surface area contributed by atoms with Crippen LogP contribution in [0.15, 0.2) is 67.0 Å². The first-order chi connectivity index (χ1) is 17.0. The summed E-state index contributed by atoms with van der Waals surface area (Å²) in [5.74, 6) is 0.718. The maximum atomic E-state index is 13.4. The van der Waals surface area contributed by atoms with Gasteiger partial charge in [-0.1, -0.05) is 42.5 Å². The molecule has 2 saturated heterocycles. The number of nitrogens with zero attached hydrogens (tertiary/aromatic N) is 5. The summed E-state index contributed by atoms with van der Waals surface area (Å²) in [6.45, 7) is 2.65. The van der Waals surface area contributed by atoms with Gasteiger partial charge in [-0.25, -0.2) is 9.48 Å². The lowest BCUT2D eigenvalue weighted by atomic mass is 9.86. The maximum Gasteiger partial charge on any atom is 0.327 e. The molecule has 3 heterocycles. The third-order valence-electron chi connectivity index (χ3n) is 7.33. The highest BCUT2D eigenvalue weighted by atomic mass is 16.5. The van der Waals surface area contributed by atoms with Crippen LogP contribution < -0.4 is 4.74 Å². The van der Waals surface area contributed by atoms with E-state index in [1.165, 1.54) is 4.90 Å². The first-order valence-corrected chi connectivity index (χ1v) is 12.0. The van der Waals surface area contributed by atoms with Crippen LogP contribution in [0, 0.1) is 0 Å². The van der Waals surface area contributed by atoms with Gasteiger partial charge in [0.25, 0.3) is 5.91 Å². The molecule has 3 amide bonds. The topological polar surface area (TPSA) is 70.9 Å². The number of carbonyl (C=O) groups is 2. The van der Waals surface area contributed by atoms with Crippen molar-refractivity contribution in [2.75, 3.05) is 33.8 Å². The van der Waals surface area contributed by atoms with Crippen molar-refractivity contribution in [1.29, 1.82) is 0 Å². The van der Waals surface area contributed by atoms with Crippen LogP contribution in [-0.4, -0.2) is 75.7 Å². The molecule has 8 heteroatoms. The third kappa shape index (κ3) is 4.30. The molecule has 2 aromatic carbocycles. The molecule has 1 spiro atoms. The minimum atomic E-state index is -0.730. The fourth-order valence-electron chi connectivity index (χ4n) is 5.21. The number of hydrogen-bond acceptors (Lipinski definition) is 5. The number of rotatable bonds is 7. The number of likely N-dealkylation sites (tertiary alicyclic amines) is 1. The van der Waals surface area contributed by atoms with E-state index in [1.807, 2.05) is 71.7 Å². The largest absolute Gasteiger partial charge is 0.494 e. The van der Waals surface area contributed by atoms with E-state index in [9.17, 15) is 9.59 Å². The highest BCUT2D eigenvalue weighted by molar-refractivity contribution is 6.07. The molecular formula is C27H31N5O3. The molecule has 2 aliphatic rings. The number of benzene rings is 2. The number of para-hydroxylation sites is 2. The average molecular weight is 474 g/mol. The number of imide groups is 1. The molecule has 182 valence electrons. The quantitative estimate of drug-likeness (QED) is 0.492. The van der Waals surface area contributed by atoms with E-state index < -0.39 is 5.54 Å². The molecule has 8 nitrogen and oxygen atoms in total. The molecular weight excluding hydrogens is 442 g/mol. The average Bonchev–Trinajstić information content (AvgIpc) is 3.43. The summed E-state index contributed by atoms with van der Waals surface area (Å²) in [7, 11) is 3.43. The van der Waals surface area contributed by atoms with E-state index in [-0.39, 0.29) is 11.9 Å². The van der Waals surface area contributed by atoms with Gasteiger partial charge in [0.15, 0.2) is 0 Å². The molecule has 0 unspecified atom stereocenters. The molecule has 0 aliphatic carbocycles. The Morgan fingerprint density at radius 2 is 1.69 bits per heavy atom. The Bertz CT molecular complexity index is 1200. The van der Waals surface area contributed by atoms with E-state index in [1.54, 1.807) is 19.1 Å². The number of piperidine rings is 1. The first-order valence-electron chi connectivity index (χ1n) is 12.0. The zero-order valence-electron chi connectivity index (χ0n) is 20.3. The van der Waals surface area contributed by atoms with Gasteiger partial charge in [-0.05, 0) is 37.0 Å². The predicted molar refractivity (Wildman–Crippen MR) is 132 cm³/mol. The highest BCUT2D eigenvalue weighted by Crippen LogP contribution is 2.36. The number of methoxy groups -OCH3 is 1. The van der Waals surface area contributed by atoms with E-state index >= 15 is 0 Å². The van der Waals surface area contributed by atoms with Gasteiger partial charge in [-0.15, -0.1) is 0 Å². The van der Waals surface area contributed by atoms with Crippen LogP contribution in [0.25, 0.3) is 5.69 Å². The van der Waals surface area contributed by atoms with Crippen LogP contribution in [0.1, 0.15) is 24.0 Å². The van der Waals surface area contributed by atoms with E-state index in [0.29, 0.717) is 25.8 Å². The number of carbonyl (C=O) groups excluding carboxylic acids is 2. The van der Waals surface area contributed by atoms with Gasteiger partial charge in [0.05, 0.1) is 13.3 Å². The Morgan fingerprint density at radius 3 is 2.43 bits per heavy atom. The Balaban J connectivity index is 1.21. The number of likely N-dealkylation sites (N-methyl/N-ethyl adjacent to an activating group) is 1. The van der Waals surface area contributed by atoms with Gasteiger partial charge >= 0.3 is 6.03 Å². The summed E-state index contributed by atoms with van der Waals surface area (Å²) in [4.78, 5) is 31.8. The van der Waals surface area contributed by atoms with Crippen molar-refractivity contribution in [3.63, 3.8) is 0 Å². The van der Waals surface area contributed by atoms with Gasteiger partial charge < -0.3 is 9.64 Å². The highest BCUT2D eigenvalue weighted by Gasteiger charge is 2.56. The van der Waals surface area contributed by atoms with Crippen molar-refractivity contribution in [2.45, 2.75) is 31.3 Å². The molecule has 0 saturated carbocycles. The normalized spacial score (nSPS) is 18.0. The summed E-state index contributed by atoms with van der Waals surface area (Å²) < 4.78 is 7.28. The van der Waals surface area contributed by atoms with Crippen molar-refractivity contribution in [3.8, 4) is 11.4 Å². The van der Waals surface area contributed by atoms with Crippen LogP contribution in [0.3, 0.4) is 0 Å². The second kappa shape index (κ2) is 9.54. The molecule has 5 rings (SSSR count). The van der Waals surface area contributed by atoms with Crippen molar-refractivity contribution in [1.82, 2.24) is 24.5 Å². The molecule has 0 radical (unpaired) electrons. The fourth-order valence-corrected chi connectivity index (χ4v) is 5.21. The predicted octanol–water partition coefficient (Wildman–Crippen LogP) is 3.35. The minimum absolute atomic E-state index is 0.0513. The summed E-state index contributed by atoms with van der Waals surface area (Å²) in [5, 5.41) is 4.52. The minimum Gasteiger partial charge on any atom is -0.494 e. The standard InChI is InChI=1S/C27H31N5O3/c1-29-26(34)31(15-12-21-8-4-3-5-9-21)25(33)27(29)13-16-30(17-14-27)19-22-18-28-32(20-22)23-10-6-7-11-24(23)35-2/h3-11,18,20H,12-17,19H2,1-2H3. The molecule has 35 heavy (non-hydrogen) atoms. The lowest BCUT2D eigenvalue weighted by Crippen LogP contribution is -2.55. The molecule has 2 fully saturated rings. The van der Waals surface area contributed by atoms with Crippen molar-refractivity contribution < 1.29 is 14.3 Å². The fraction of sp³-hybridized carbons (Fsp3) is 0.370. The van der Waals surface area contributed by atoms with Crippen LogP contribution >= 0.6 is 0 Å². The molecule has 0 N–H and O–H groups in total. The summed E-state index contributed by atoms with van der Waals surface area (Å²) in [6, 6.07) is 17.6. The zero-order chi connectivity index (χ0) is 24.4. The number of ether oxygens (including phenoxy) is 1. The molecule has 1 aromatic heterocycles. The second-order valence-electron chi connectivity index (χ2n) is 9.31. The van der Waals surface area contributed by atoms with Gasteiger partial charge in [-0.3, -0.25) is 14.6 Å². The van der Waals surface area contributed by atoms with Crippen molar-refractivity contribution in [3.05, 3.63) is 78.1 Å². The maximum absolute atomic E-state index is 13.4. The summed E-state index contributed by atoms with van der Waals surface area (Å²) in [5.41, 5.74) is 2.39. The zero-order valence-corrected chi connectivity index (χ0v) is 20.3. The number of urea groups is 1. The van der Waals surface area contributed by atoms with Gasteiger partial charge in [0.2, 0.25) is 0 Å². The van der Waals surface area contributed by atoms with Crippen LogP contribution in [0.5, 0.6) is 5.75 Å². The third-order valence-corrected chi connectivity index (χ3v) is 7.33.